The highest BCUT2D eigenvalue weighted by Crippen LogP contribution is 2.27. The van der Waals surface area contributed by atoms with Crippen LogP contribution in [0.5, 0.6) is 0 Å². The van der Waals surface area contributed by atoms with Gasteiger partial charge in [-0.05, 0) is 83.2 Å². The average Bonchev–Trinajstić information content (AvgIpc) is 3.63. The number of likely N-dealkylation sites (tertiary alicyclic amines) is 1. The van der Waals surface area contributed by atoms with Gasteiger partial charge >= 0.3 is 12.1 Å². The Morgan fingerprint density at radius 3 is 2.30 bits per heavy atom. The zero-order chi connectivity index (χ0) is 32.2. The van der Waals surface area contributed by atoms with Gasteiger partial charge in [-0.2, -0.15) is 4.31 Å². The van der Waals surface area contributed by atoms with E-state index in [-0.39, 0.29) is 30.2 Å². The van der Waals surface area contributed by atoms with Gasteiger partial charge in [-0.25, -0.2) is 18.0 Å². The largest absolute Gasteiger partial charge is 0.480 e. The molecule has 0 aromatic heterocycles. The highest BCUT2D eigenvalue weighted by molar-refractivity contribution is 7.89. The van der Waals surface area contributed by atoms with Gasteiger partial charge in [-0.3, -0.25) is 14.5 Å². The second-order valence-electron chi connectivity index (χ2n) is 12.2. The van der Waals surface area contributed by atoms with E-state index in [4.69, 9.17) is 4.74 Å². The normalized spacial score (nSPS) is 19.8. The molecule has 3 N–H and O–H groups in total. The first kappa shape index (κ1) is 32.9. The van der Waals surface area contributed by atoms with Gasteiger partial charge in [0.05, 0.1) is 4.90 Å². The van der Waals surface area contributed by atoms with Crippen molar-refractivity contribution in [2.45, 2.75) is 88.4 Å². The number of ether oxygens (including phenoxy) is 1. The molecule has 1 unspecified atom stereocenters. The third-order valence-electron chi connectivity index (χ3n) is 7.57. The van der Waals surface area contributed by atoms with Crippen LogP contribution < -0.4 is 10.6 Å². The number of nitrogens with zero attached hydrogens (tertiary/aromatic N) is 2. The lowest BCUT2D eigenvalue weighted by molar-refractivity contribution is -0.142. The summed E-state index contributed by atoms with van der Waals surface area (Å²) in [6.07, 6.45) is 1.21. The summed E-state index contributed by atoms with van der Waals surface area (Å²) in [7, 11) is -3.95. The number of hydrogen-bond donors (Lipinski definition) is 3. The molecule has 44 heavy (non-hydrogen) atoms. The van der Waals surface area contributed by atoms with Crippen LogP contribution in [0.4, 0.5) is 10.5 Å². The fourth-order valence-electron chi connectivity index (χ4n) is 5.42. The monoisotopic (exact) mass is 628 g/mol. The Morgan fingerprint density at radius 1 is 0.977 bits per heavy atom. The predicted octanol–water partition coefficient (Wildman–Crippen LogP) is 3.30. The lowest BCUT2D eigenvalue weighted by Gasteiger charge is -2.28. The zero-order valence-corrected chi connectivity index (χ0v) is 26.2. The number of sulfonamides is 1. The molecule has 3 atom stereocenters. The molecular formula is C31H40N4O8S. The molecule has 2 fully saturated rings. The lowest BCUT2D eigenvalue weighted by Crippen LogP contribution is -2.51. The van der Waals surface area contributed by atoms with Crippen molar-refractivity contribution in [1.29, 1.82) is 0 Å². The molecule has 238 valence electrons. The van der Waals surface area contributed by atoms with Crippen molar-refractivity contribution in [3.8, 4) is 0 Å². The Bertz CT molecular complexity index is 1500. The van der Waals surface area contributed by atoms with Crippen LogP contribution in [-0.4, -0.2) is 83.4 Å². The molecule has 2 aromatic carbocycles. The molecule has 2 heterocycles. The fourth-order valence-corrected chi connectivity index (χ4v) is 7.08. The van der Waals surface area contributed by atoms with Crippen molar-refractivity contribution in [2.24, 2.45) is 0 Å². The maximum absolute atomic E-state index is 13.3. The summed E-state index contributed by atoms with van der Waals surface area (Å²) in [5.41, 5.74) is 1.14. The molecule has 4 rings (SSSR count). The number of anilines is 1. The topological polar surface area (TPSA) is 162 Å². The standard InChI is InChI=1S/C31H40N4O8S/c1-20-12-14-23(15-13-20)44(41,42)35-17-7-11-26(35)28(37)33-24(29(38)39)19-21-8-5-9-22(18-21)32-27(36)25-10-6-16-34(25)30(40)43-31(2,3)4/h5,8-9,12-15,18,24-26H,6-7,10-11,16-17,19H2,1-4H3,(H,32,36)(H,33,37)(H,38,39)/t24-,25?,26-/m0/s1. The number of aryl methyl sites for hydroxylation is 1. The third-order valence-corrected chi connectivity index (χ3v) is 9.49. The van der Waals surface area contributed by atoms with Crippen molar-refractivity contribution in [2.75, 3.05) is 18.4 Å². The summed E-state index contributed by atoms with van der Waals surface area (Å²) < 4.78 is 33.1. The van der Waals surface area contributed by atoms with E-state index in [0.29, 0.717) is 37.1 Å². The Labute approximate surface area is 257 Å². The molecule has 3 amide bonds. The summed E-state index contributed by atoms with van der Waals surface area (Å²) >= 11 is 0. The molecule has 13 heteroatoms. The van der Waals surface area contributed by atoms with Crippen LogP contribution in [0.25, 0.3) is 0 Å². The van der Waals surface area contributed by atoms with Crippen LogP contribution in [0.3, 0.4) is 0 Å². The Hall–Kier alpha value is -3.97. The molecule has 2 aliphatic rings. The minimum absolute atomic E-state index is 0.0725. The molecule has 2 saturated heterocycles. The number of benzene rings is 2. The minimum atomic E-state index is -3.95. The Balaban J connectivity index is 1.41. The van der Waals surface area contributed by atoms with Gasteiger partial charge in [-0.1, -0.05) is 29.8 Å². The molecule has 0 radical (unpaired) electrons. The van der Waals surface area contributed by atoms with Crippen LogP contribution >= 0.6 is 0 Å². The van der Waals surface area contributed by atoms with Crippen molar-refractivity contribution < 1.29 is 37.4 Å². The summed E-state index contributed by atoms with van der Waals surface area (Å²) in [6, 6.07) is 9.85. The number of carboxylic acids is 1. The Morgan fingerprint density at radius 2 is 1.64 bits per heavy atom. The van der Waals surface area contributed by atoms with Gasteiger partial charge in [0.2, 0.25) is 21.8 Å². The quantitative estimate of drug-likeness (QED) is 0.381. The van der Waals surface area contributed by atoms with Gasteiger partial charge in [0.1, 0.15) is 23.7 Å². The summed E-state index contributed by atoms with van der Waals surface area (Å²) in [6.45, 7) is 7.66. The van der Waals surface area contributed by atoms with Gasteiger partial charge in [0, 0.05) is 25.2 Å². The van der Waals surface area contributed by atoms with Crippen molar-refractivity contribution in [1.82, 2.24) is 14.5 Å². The van der Waals surface area contributed by atoms with Gasteiger partial charge < -0.3 is 20.5 Å². The molecule has 0 saturated carbocycles. The minimum Gasteiger partial charge on any atom is -0.480 e. The number of rotatable bonds is 9. The van der Waals surface area contributed by atoms with E-state index in [1.165, 1.54) is 17.0 Å². The number of aliphatic carboxylic acids is 1. The van der Waals surface area contributed by atoms with E-state index in [9.17, 15) is 32.7 Å². The molecule has 2 aliphatic heterocycles. The van der Waals surface area contributed by atoms with Crippen LogP contribution in [0.15, 0.2) is 53.4 Å². The summed E-state index contributed by atoms with van der Waals surface area (Å²) in [5.74, 6) is -2.35. The molecule has 12 nitrogen and oxygen atoms in total. The molecule has 0 bridgehead atoms. The van der Waals surface area contributed by atoms with Gasteiger partial charge in [0.25, 0.3) is 0 Å². The first-order valence-electron chi connectivity index (χ1n) is 14.7. The van der Waals surface area contributed by atoms with Gasteiger partial charge in [-0.15, -0.1) is 0 Å². The van der Waals surface area contributed by atoms with E-state index in [0.717, 1.165) is 9.87 Å². The number of carbonyl (C=O) groups is 4. The van der Waals surface area contributed by atoms with E-state index < -0.39 is 51.7 Å². The van der Waals surface area contributed by atoms with Gasteiger partial charge in [0.15, 0.2) is 0 Å². The second-order valence-corrected chi connectivity index (χ2v) is 14.1. The maximum atomic E-state index is 13.3. The molecule has 0 spiro atoms. The van der Waals surface area contributed by atoms with E-state index >= 15 is 0 Å². The Kier molecular flexibility index (Phi) is 9.99. The number of carboxylic acid groups (broad SMARTS) is 1. The summed E-state index contributed by atoms with van der Waals surface area (Å²) in [4.78, 5) is 52.6. The number of hydrogen-bond acceptors (Lipinski definition) is 7. The highest BCUT2D eigenvalue weighted by Gasteiger charge is 2.41. The lowest BCUT2D eigenvalue weighted by atomic mass is 10.0. The highest BCUT2D eigenvalue weighted by atomic mass is 32.2. The van der Waals surface area contributed by atoms with E-state index in [2.05, 4.69) is 10.6 Å². The average molecular weight is 629 g/mol. The number of nitrogens with one attached hydrogen (secondary N) is 2. The zero-order valence-electron chi connectivity index (χ0n) is 25.4. The molecule has 0 aliphatic carbocycles. The number of carbonyl (C=O) groups excluding carboxylic acids is 3. The van der Waals surface area contributed by atoms with Crippen molar-refractivity contribution in [3.63, 3.8) is 0 Å². The van der Waals surface area contributed by atoms with Crippen LogP contribution in [0, 0.1) is 6.92 Å². The SMILES string of the molecule is Cc1ccc(S(=O)(=O)N2CCC[C@H]2C(=O)N[C@@H](Cc2cccc(NC(=O)C3CCCN3C(=O)OC(C)(C)C)c2)C(=O)O)cc1. The van der Waals surface area contributed by atoms with Crippen LogP contribution in [-0.2, 0) is 35.6 Å². The molecular weight excluding hydrogens is 588 g/mol. The van der Waals surface area contributed by atoms with Crippen LogP contribution in [0.1, 0.15) is 57.6 Å². The van der Waals surface area contributed by atoms with E-state index in [1.807, 2.05) is 6.92 Å². The summed E-state index contributed by atoms with van der Waals surface area (Å²) in [5, 5.41) is 15.2. The van der Waals surface area contributed by atoms with Crippen molar-refractivity contribution in [3.05, 3.63) is 59.7 Å². The second kappa shape index (κ2) is 13.3. The fraction of sp³-hybridized carbons (Fsp3) is 0.484. The van der Waals surface area contributed by atoms with Crippen LogP contribution in [0.2, 0.25) is 0 Å². The first-order valence-corrected chi connectivity index (χ1v) is 16.1. The first-order chi connectivity index (χ1) is 20.7. The smallest absolute Gasteiger partial charge is 0.410 e. The molecule has 2 aromatic rings. The maximum Gasteiger partial charge on any atom is 0.410 e. The number of amides is 3. The third kappa shape index (κ3) is 7.94. The van der Waals surface area contributed by atoms with Crippen molar-refractivity contribution >= 4 is 39.6 Å². The predicted molar refractivity (Wildman–Crippen MR) is 162 cm³/mol. The van der Waals surface area contributed by atoms with E-state index in [1.54, 1.807) is 57.2 Å².